The number of aliphatic imine (C=N–C) groups is 1. The second-order valence-electron chi connectivity index (χ2n) is 6.37. The first-order chi connectivity index (χ1) is 13.7. The highest BCUT2D eigenvalue weighted by atomic mass is 16.5. The SMILES string of the molecule is COc1cccc(NC(=NC[C@H]2CCCO2)NC(=O)c2cccc(OC)c2)c1. The summed E-state index contributed by atoms with van der Waals surface area (Å²) in [5.74, 6) is 1.41. The predicted molar refractivity (Wildman–Crippen MR) is 108 cm³/mol. The number of hydrogen-bond acceptors (Lipinski definition) is 5. The van der Waals surface area contributed by atoms with Crippen molar-refractivity contribution in [2.75, 3.05) is 32.7 Å². The van der Waals surface area contributed by atoms with Gasteiger partial charge in [0.05, 0.1) is 26.9 Å². The van der Waals surface area contributed by atoms with E-state index >= 15 is 0 Å². The maximum absolute atomic E-state index is 12.7. The molecular formula is C21H25N3O4. The fourth-order valence-electron chi connectivity index (χ4n) is 2.87. The third-order valence-electron chi connectivity index (χ3n) is 4.37. The van der Waals surface area contributed by atoms with Crippen molar-refractivity contribution >= 4 is 17.6 Å². The Morgan fingerprint density at radius 3 is 2.61 bits per heavy atom. The predicted octanol–water partition coefficient (Wildman–Crippen LogP) is 3.08. The Balaban J connectivity index is 1.76. The van der Waals surface area contributed by atoms with Gasteiger partial charge in [-0.3, -0.25) is 10.1 Å². The molecule has 2 aromatic rings. The molecule has 1 saturated heterocycles. The third-order valence-corrected chi connectivity index (χ3v) is 4.37. The summed E-state index contributed by atoms with van der Waals surface area (Å²) in [7, 11) is 3.17. The molecule has 28 heavy (non-hydrogen) atoms. The average Bonchev–Trinajstić information content (AvgIpc) is 3.26. The van der Waals surface area contributed by atoms with E-state index in [0.717, 1.165) is 25.1 Å². The highest BCUT2D eigenvalue weighted by Crippen LogP contribution is 2.17. The van der Waals surface area contributed by atoms with E-state index in [-0.39, 0.29) is 12.0 Å². The first-order valence-electron chi connectivity index (χ1n) is 9.20. The zero-order valence-corrected chi connectivity index (χ0v) is 16.1. The summed E-state index contributed by atoms with van der Waals surface area (Å²) < 4.78 is 16.1. The van der Waals surface area contributed by atoms with E-state index in [4.69, 9.17) is 14.2 Å². The zero-order valence-electron chi connectivity index (χ0n) is 16.1. The van der Waals surface area contributed by atoms with Crippen molar-refractivity contribution in [2.24, 2.45) is 4.99 Å². The van der Waals surface area contributed by atoms with Crippen molar-refractivity contribution in [3.8, 4) is 11.5 Å². The van der Waals surface area contributed by atoms with Gasteiger partial charge in [0.15, 0.2) is 0 Å². The zero-order chi connectivity index (χ0) is 19.8. The van der Waals surface area contributed by atoms with Gasteiger partial charge in [-0.2, -0.15) is 0 Å². The molecule has 7 nitrogen and oxygen atoms in total. The van der Waals surface area contributed by atoms with E-state index in [0.29, 0.717) is 29.6 Å². The molecule has 2 N–H and O–H groups in total. The van der Waals surface area contributed by atoms with Gasteiger partial charge in [0.1, 0.15) is 11.5 Å². The number of rotatable bonds is 6. The largest absolute Gasteiger partial charge is 0.497 e. The lowest BCUT2D eigenvalue weighted by Gasteiger charge is -2.14. The van der Waals surface area contributed by atoms with Crippen LogP contribution in [0, 0.1) is 0 Å². The molecule has 148 valence electrons. The lowest BCUT2D eigenvalue weighted by atomic mass is 10.2. The van der Waals surface area contributed by atoms with Crippen molar-refractivity contribution in [3.05, 3.63) is 54.1 Å². The summed E-state index contributed by atoms with van der Waals surface area (Å²) in [6.45, 7) is 1.24. The van der Waals surface area contributed by atoms with Crippen LogP contribution >= 0.6 is 0 Å². The molecule has 1 aliphatic heterocycles. The molecule has 7 heteroatoms. The first kappa shape index (κ1) is 19.7. The summed E-state index contributed by atoms with van der Waals surface area (Å²) in [5.41, 5.74) is 1.24. The van der Waals surface area contributed by atoms with Crippen molar-refractivity contribution in [1.82, 2.24) is 5.32 Å². The molecule has 1 amide bonds. The molecule has 0 radical (unpaired) electrons. The fraction of sp³-hybridized carbons (Fsp3) is 0.333. The number of benzene rings is 2. The molecule has 1 heterocycles. The van der Waals surface area contributed by atoms with Gasteiger partial charge in [-0.1, -0.05) is 12.1 Å². The minimum atomic E-state index is -0.277. The van der Waals surface area contributed by atoms with Gasteiger partial charge in [0.2, 0.25) is 5.96 Å². The third kappa shape index (κ3) is 5.47. The summed E-state index contributed by atoms with van der Waals surface area (Å²) in [5, 5.41) is 6.00. The number of hydrogen-bond donors (Lipinski definition) is 2. The maximum Gasteiger partial charge on any atom is 0.258 e. The molecule has 0 bridgehead atoms. The smallest absolute Gasteiger partial charge is 0.258 e. The average molecular weight is 383 g/mol. The second-order valence-corrected chi connectivity index (χ2v) is 6.37. The molecule has 3 rings (SSSR count). The molecular weight excluding hydrogens is 358 g/mol. The van der Waals surface area contributed by atoms with Gasteiger partial charge in [0.25, 0.3) is 5.91 Å². The molecule has 0 unspecified atom stereocenters. The highest BCUT2D eigenvalue weighted by Gasteiger charge is 2.16. The highest BCUT2D eigenvalue weighted by molar-refractivity contribution is 6.10. The summed E-state index contributed by atoms with van der Waals surface area (Å²) in [6.07, 6.45) is 2.09. The van der Waals surface area contributed by atoms with Gasteiger partial charge in [-0.25, -0.2) is 4.99 Å². The number of guanidine groups is 1. The van der Waals surface area contributed by atoms with E-state index in [1.54, 1.807) is 38.5 Å². The molecule has 0 aliphatic carbocycles. The number of carbonyl (C=O) groups is 1. The number of amides is 1. The number of nitrogens with one attached hydrogen (secondary N) is 2. The molecule has 1 atom stereocenters. The number of nitrogens with zero attached hydrogens (tertiary/aromatic N) is 1. The van der Waals surface area contributed by atoms with Gasteiger partial charge in [-0.15, -0.1) is 0 Å². The Bertz CT molecular complexity index is 832. The minimum Gasteiger partial charge on any atom is -0.497 e. The molecule has 0 aromatic heterocycles. The van der Waals surface area contributed by atoms with Crippen LogP contribution in [0.1, 0.15) is 23.2 Å². The maximum atomic E-state index is 12.7. The fourth-order valence-corrected chi connectivity index (χ4v) is 2.87. The van der Waals surface area contributed by atoms with Crippen LogP contribution in [0.25, 0.3) is 0 Å². The van der Waals surface area contributed by atoms with Crippen LogP contribution in [0.2, 0.25) is 0 Å². The summed E-state index contributed by atoms with van der Waals surface area (Å²) in [6, 6.07) is 14.4. The first-order valence-corrected chi connectivity index (χ1v) is 9.20. The van der Waals surface area contributed by atoms with Crippen LogP contribution < -0.4 is 20.1 Å². The van der Waals surface area contributed by atoms with Gasteiger partial charge >= 0.3 is 0 Å². The van der Waals surface area contributed by atoms with Crippen LogP contribution in [-0.2, 0) is 4.74 Å². The standard InChI is InChI=1S/C21H25N3O4/c1-26-17-8-3-6-15(12-17)20(25)24-21(22-14-19-10-5-11-28-19)23-16-7-4-9-18(13-16)27-2/h3-4,6-9,12-13,19H,5,10-11,14H2,1-2H3,(H2,22,23,24,25)/t19-/m1/s1. The monoisotopic (exact) mass is 383 g/mol. The number of carbonyl (C=O) groups excluding carboxylic acids is 1. The van der Waals surface area contributed by atoms with Gasteiger partial charge in [-0.05, 0) is 43.2 Å². The quantitative estimate of drug-likeness (QED) is 0.592. The lowest BCUT2D eigenvalue weighted by molar-refractivity contribution is 0.0975. The Morgan fingerprint density at radius 2 is 1.89 bits per heavy atom. The van der Waals surface area contributed by atoms with Crippen LogP contribution in [-0.4, -0.2) is 45.3 Å². The van der Waals surface area contributed by atoms with Crippen molar-refractivity contribution in [3.63, 3.8) is 0 Å². The van der Waals surface area contributed by atoms with E-state index in [1.807, 2.05) is 24.3 Å². The van der Waals surface area contributed by atoms with Crippen LogP contribution in [0.3, 0.4) is 0 Å². The van der Waals surface area contributed by atoms with E-state index in [2.05, 4.69) is 15.6 Å². The summed E-state index contributed by atoms with van der Waals surface area (Å²) >= 11 is 0. The molecule has 0 spiro atoms. The van der Waals surface area contributed by atoms with Gasteiger partial charge in [0, 0.05) is 23.9 Å². The molecule has 0 saturated carbocycles. The van der Waals surface area contributed by atoms with E-state index < -0.39 is 0 Å². The second kappa shape index (κ2) is 9.75. The normalized spacial score (nSPS) is 16.5. The Morgan fingerprint density at radius 1 is 1.14 bits per heavy atom. The number of methoxy groups -OCH3 is 2. The molecule has 1 fully saturated rings. The van der Waals surface area contributed by atoms with Crippen LogP contribution in [0.5, 0.6) is 11.5 Å². The Labute approximate surface area is 164 Å². The lowest BCUT2D eigenvalue weighted by Crippen LogP contribution is -2.36. The van der Waals surface area contributed by atoms with E-state index in [9.17, 15) is 4.79 Å². The number of anilines is 1. The number of ether oxygens (including phenoxy) is 3. The minimum absolute atomic E-state index is 0.0795. The van der Waals surface area contributed by atoms with Crippen LogP contribution in [0.4, 0.5) is 5.69 Å². The summed E-state index contributed by atoms with van der Waals surface area (Å²) in [4.78, 5) is 17.2. The van der Waals surface area contributed by atoms with E-state index in [1.165, 1.54) is 0 Å². The topological polar surface area (TPSA) is 81.2 Å². The molecule has 1 aliphatic rings. The van der Waals surface area contributed by atoms with Crippen molar-refractivity contribution in [2.45, 2.75) is 18.9 Å². The van der Waals surface area contributed by atoms with Crippen molar-refractivity contribution < 1.29 is 19.0 Å². The Kier molecular flexibility index (Phi) is 6.86. The van der Waals surface area contributed by atoms with Gasteiger partial charge < -0.3 is 19.5 Å². The van der Waals surface area contributed by atoms with Crippen LogP contribution in [0.15, 0.2) is 53.5 Å². The Hall–Kier alpha value is -3.06. The van der Waals surface area contributed by atoms with Crippen molar-refractivity contribution in [1.29, 1.82) is 0 Å². The molecule has 2 aromatic carbocycles.